The number of sulfonamides is 1. The van der Waals surface area contributed by atoms with Gasteiger partial charge in [-0.3, -0.25) is 4.98 Å². The van der Waals surface area contributed by atoms with Crippen molar-refractivity contribution >= 4 is 10.0 Å². The van der Waals surface area contributed by atoms with Gasteiger partial charge >= 0.3 is 0 Å². The number of para-hydroxylation sites is 1. The summed E-state index contributed by atoms with van der Waals surface area (Å²) in [6.07, 6.45) is 4.74. The van der Waals surface area contributed by atoms with Gasteiger partial charge in [-0.2, -0.15) is 4.31 Å². The molecule has 8 heteroatoms. The van der Waals surface area contributed by atoms with Crippen molar-refractivity contribution in [1.29, 1.82) is 0 Å². The number of aryl methyl sites for hydroxylation is 1. The van der Waals surface area contributed by atoms with E-state index in [1.54, 1.807) is 24.9 Å². The van der Waals surface area contributed by atoms with Gasteiger partial charge in [-0.25, -0.2) is 13.4 Å². The zero-order valence-electron chi connectivity index (χ0n) is 16.5. The van der Waals surface area contributed by atoms with Crippen molar-refractivity contribution in [2.24, 2.45) is 7.05 Å². The molecule has 1 saturated heterocycles. The summed E-state index contributed by atoms with van der Waals surface area (Å²) in [7, 11) is -0.196. The molecule has 29 heavy (non-hydrogen) atoms. The fourth-order valence-corrected chi connectivity index (χ4v) is 5.23. The highest BCUT2D eigenvalue weighted by Gasteiger charge is 2.32. The van der Waals surface area contributed by atoms with E-state index in [2.05, 4.69) is 4.98 Å². The summed E-state index contributed by atoms with van der Waals surface area (Å²) in [6.45, 7) is 0.906. The Morgan fingerprint density at radius 1 is 1.14 bits per heavy atom. The lowest BCUT2D eigenvalue weighted by Gasteiger charge is -2.31. The van der Waals surface area contributed by atoms with Crippen LogP contribution in [0.2, 0.25) is 0 Å². The third-order valence-electron chi connectivity index (χ3n) is 5.24. The Hall–Kier alpha value is -2.71. The summed E-state index contributed by atoms with van der Waals surface area (Å²) < 4.78 is 34.6. The Morgan fingerprint density at radius 3 is 2.72 bits per heavy atom. The Kier molecular flexibility index (Phi) is 5.38. The van der Waals surface area contributed by atoms with Crippen molar-refractivity contribution in [3.05, 3.63) is 60.7 Å². The van der Waals surface area contributed by atoms with E-state index in [4.69, 9.17) is 9.72 Å². The summed E-state index contributed by atoms with van der Waals surface area (Å²) in [6, 6.07) is 13.7. The molecule has 0 unspecified atom stereocenters. The second kappa shape index (κ2) is 7.96. The van der Waals surface area contributed by atoms with Crippen molar-refractivity contribution in [2.75, 3.05) is 20.2 Å². The molecule has 7 nitrogen and oxygen atoms in total. The van der Waals surface area contributed by atoms with E-state index in [1.807, 2.05) is 42.5 Å². The Balaban J connectivity index is 1.61. The first-order valence-corrected chi connectivity index (χ1v) is 11.0. The SMILES string of the molecule is COc1ccccc1-c1cccc([C@@H]2CCCN(S(=O)(=O)c3cn(C)cn3)C2)n1. The van der Waals surface area contributed by atoms with Crippen LogP contribution in [-0.4, -0.2) is 47.5 Å². The van der Waals surface area contributed by atoms with Crippen LogP contribution in [0.1, 0.15) is 24.5 Å². The lowest BCUT2D eigenvalue weighted by Crippen LogP contribution is -2.39. The molecule has 3 heterocycles. The third kappa shape index (κ3) is 3.90. The predicted octanol–water partition coefficient (Wildman–Crippen LogP) is 3.06. The minimum atomic E-state index is -3.60. The summed E-state index contributed by atoms with van der Waals surface area (Å²) >= 11 is 0. The van der Waals surface area contributed by atoms with E-state index < -0.39 is 10.0 Å². The van der Waals surface area contributed by atoms with Crippen molar-refractivity contribution in [2.45, 2.75) is 23.8 Å². The summed E-state index contributed by atoms with van der Waals surface area (Å²) in [5, 5.41) is 0.0939. The van der Waals surface area contributed by atoms with Crippen molar-refractivity contribution < 1.29 is 13.2 Å². The molecule has 3 aromatic rings. The Labute approximate surface area is 171 Å². The number of piperidine rings is 1. The van der Waals surface area contributed by atoms with E-state index in [0.717, 1.165) is 35.5 Å². The second-order valence-electron chi connectivity index (χ2n) is 7.23. The zero-order chi connectivity index (χ0) is 20.4. The molecule has 1 aromatic carbocycles. The smallest absolute Gasteiger partial charge is 0.262 e. The number of hydrogen-bond donors (Lipinski definition) is 0. The van der Waals surface area contributed by atoms with Gasteiger partial charge in [-0.1, -0.05) is 18.2 Å². The van der Waals surface area contributed by atoms with Crippen LogP contribution in [0.15, 0.2) is 60.0 Å². The maximum absolute atomic E-state index is 13.0. The van der Waals surface area contributed by atoms with Crippen LogP contribution >= 0.6 is 0 Å². The number of rotatable bonds is 5. The molecule has 0 amide bonds. The molecule has 4 rings (SSSR count). The largest absolute Gasteiger partial charge is 0.496 e. The van der Waals surface area contributed by atoms with Crippen LogP contribution in [0, 0.1) is 0 Å². The number of ether oxygens (including phenoxy) is 1. The lowest BCUT2D eigenvalue weighted by atomic mass is 9.95. The first-order chi connectivity index (χ1) is 14.0. The molecule has 1 fully saturated rings. The maximum Gasteiger partial charge on any atom is 0.262 e. The molecular formula is C21H24N4O3S. The monoisotopic (exact) mass is 412 g/mol. The number of imidazole rings is 1. The summed E-state index contributed by atoms with van der Waals surface area (Å²) in [4.78, 5) is 8.88. The molecule has 1 aliphatic heterocycles. The third-order valence-corrected chi connectivity index (χ3v) is 6.99. The van der Waals surface area contributed by atoms with Gasteiger partial charge in [0.1, 0.15) is 5.75 Å². The lowest BCUT2D eigenvalue weighted by molar-refractivity contribution is 0.312. The quantitative estimate of drug-likeness (QED) is 0.644. The van der Waals surface area contributed by atoms with Gasteiger partial charge in [0, 0.05) is 43.5 Å². The normalized spacial score (nSPS) is 17.9. The first-order valence-electron chi connectivity index (χ1n) is 9.57. The van der Waals surface area contributed by atoms with Gasteiger partial charge in [-0.15, -0.1) is 0 Å². The minimum Gasteiger partial charge on any atom is -0.496 e. The molecule has 0 radical (unpaired) electrons. The number of pyridine rings is 1. The van der Waals surface area contributed by atoms with Crippen LogP contribution in [0.5, 0.6) is 5.75 Å². The number of hydrogen-bond acceptors (Lipinski definition) is 5. The second-order valence-corrected chi connectivity index (χ2v) is 9.11. The first kappa shape index (κ1) is 19.6. The van der Waals surface area contributed by atoms with Gasteiger partial charge in [-0.05, 0) is 37.1 Å². The predicted molar refractivity (Wildman–Crippen MR) is 110 cm³/mol. The fourth-order valence-electron chi connectivity index (χ4n) is 3.74. The molecule has 0 bridgehead atoms. The highest BCUT2D eigenvalue weighted by atomic mass is 32.2. The summed E-state index contributed by atoms with van der Waals surface area (Å²) in [5.41, 5.74) is 2.64. The number of benzene rings is 1. The van der Waals surface area contributed by atoms with E-state index in [0.29, 0.717) is 13.1 Å². The van der Waals surface area contributed by atoms with Gasteiger partial charge in [0.25, 0.3) is 10.0 Å². The average Bonchev–Trinajstić information content (AvgIpc) is 3.21. The topological polar surface area (TPSA) is 77.3 Å². The minimum absolute atomic E-state index is 0.0388. The van der Waals surface area contributed by atoms with Gasteiger partial charge in [0.2, 0.25) is 0 Å². The fraction of sp³-hybridized carbons (Fsp3) is 0.333. The summed E-state index contributed by atoms with van der Waals surface area (Å²) in [5.74, 6) is 0.803. The van der Waals surface area contributed by atoms with E-state index >= 15 is 0 Å². The van der Waals surface area contributed by atoms with Gasteiger partial charge < -0.3 is 9.30 Å². The highest BCUT2D eigenvalue weighted by molar-refractivity contribution is 7.89. The maximum atomic E-state index is 13.0. The van der Waals surface area contributed by atoms with Gasteiger partial charge in [0.15, 0.2) is 5.03 Å². The molecule has 1 atom stereocenters. The molecule has 1 aliphatic rings. The molecule has 0 aliphatic carbocycles. The standard InChI is InChI=1S/C21H24N4O3S/c1-24-14-21(22-15-24)29(26,27)25-12-6-7-16(13-25)18-9-5-10-19(23-18)17-8-3-4-11-20(17)28-2/h3-5,8-11,14-16H,6-7,12-13H2,1-2H3/t16-/m1/s1. The molecule has 2 aromatic heterocycles. The van der Waals surface area contributed by atoms with Crippen molar-refractivity contribution in [1.82, 2.24) is 18.8 Å². The van der Waals surface area contributed by atoms with E-state index in [1.165, 1.54) is 10.6 Å². The van der Waals surface area contributed by atoms with Crippen LogP contribution in [0.4, 0.5) is 0 Å². The Morgan fingerprint density at radius 2 is 1.97 bits per heavy atom. The van der Waals surface area contributed by atoms with Gasteiger partial charge in [0.05, 0.1) is 19.1 Å². The molecule has 0 saturated carbocycles. The number of nitrogens with zero attached hydrogens (tertiary/aromatic N) is 4. The molecule has 0 spiro atoms. The van der Waals surface area contributed by atoms with Crippen molar-refractivity contribution in [3.63, 3.8) is 0 Å². The number of aromatic nitrogens is 3. The molecule has 0 N–H and O–H groups in total. The molecule has 152 valence electrons. The van der Waals surface area contributed by atoms with E-state index in [-0.39, 0.29) is 10.9 Å². The van der Waals surface area contributed by atoms with Crippen LogP contribution in [0.3, 0.4) is 0 Å². The van der Waals surface area contributed by atoms with Crippen LogP contribution in [-0.2, 0) is 17.1 Å². The Bertz CT molecular complexity index is 1110. The molecular weight excluding hydrogens is 388 g/mol. The van der Waals surface area contributed by atoms with Crippen LogP contribution in [0.25, 0.3) is 11.3 Å². The average molecular weight is 413 g/mol. The number of methoxy groups -OCH3 is 1. The van der Waals surface area contributed by atoms with Crippen LogP contribution < -0.4 is 4.74 Å². The highest BCUT2D eigenvalue weighted by Crippen LogP contribution is 2.32. The zero-order valence-corrected chi connectivity index (χ0v) is 17.3. The van der Waals surface area contributed by atoms with Crippen molar-refractivity contribution in [3.8, 4) is 17.0 Å². The van der Waals surface area contributed by atoms with E-state index in [9.17, 15) is 8.42 Å².